The molecule has 0 aliphatic heterocycles. The Hall–Kier alpha value is -1.47. The van der Waals surface area contributed by atoms with Crippen LogP contribution in [0, 0.1) is 19.9 Å². The van der Waals surface area contributed by atoms with Crippen molar-refractivity contribution in [2.45, 2.75) is 32.6 Å². The summed E-state index contributed by atoms with van der Waals surface area (Å²) in [6.07, 6.45) is 12.5. The number of unbranched alkanes of at least 4 members (excludes halogenated alkanes) is 1. The minimum absolute atomic E-state index is 0. The molecule has 0 fully saturated rings. The Bertz CT molecular complexity index is 530. The summed E-state index contributed by atoms with van der Waals surface area (Å²) in [4.78, 5) is 0. The van der Waals surface area contributed by atoms with E-state index in [1.54, 1.807) is 0 Å². The van der Waals surface area contributed by atoms with Crippen molar-refractivity contribution >= 4 is 0 Å². The topological polar surface area (TPSA) is 0 Å². The van der Waals surface area contributed by atoms with Crippen molar-refractivity contribution in [3.63, 3.8) is 0 Å². The van der Waals surface area contributed by atoms with Gasteiger partial charge in [0.15, 0.2) is 0 Å². The maximum absolute atomic E-state index is 3.72. The fourth-order valence-corrected chi connectivity index (χ4v) is 1.95. The Morgan fingerprint density at radius 2 is 1.38 bits per heavy atom. The van der Waals surface area contributed by atoms with E-state index < -0.39 is 0 Å². The van der Waals surface area contributed by atoms with E-state index in [4.69, 9.17) is 0 Å². The Labute approximate surface area is 167 Å². The molecule has 0 aromatic heterocycles. The van der Waals surface area contributed by atoms with Crippen molar-refractivity contribution < 1.29 is 25.8 Å². The standard InChI is InChI=1S/C9H13.2C7H7.Hf/c1-2-3-6-9-7-4-5-8-9;2*1-7-5-3-2-4-6-7;/h4,7H,2-3,5-6H2,1H3;2*2-6H,1H2;/q3*-1;. The molecule has 0 nitrogen and oxygen atoms in total. The van der Waals surface area contributed by atoms with Crippen LogP contribution in [0.25, 0.3) is 0 Å². The molecule has 1 aliphatic carbocycles. The number of rotatable bonds is 3. The second kappa shape index (κ2) is 15.1. The summed E-state index contributed by atoms with van der Waals surface area (Å²) in [6, 6.07) is 19.7. The van der Waals surface area contributed by atoms with Crippen LogP contribution in [0.15, 0.2) is 78.4 Å². The maximum atomic E-state index is 3.72. The van der Waals surface area contributed by atoms with Crippen LogP contribution in [0.5, 0.6) is 0 Å². The van der Waals surface area contributed by atoms with Crippen LogP contribution in [0.3, 0.4) is 0 Å². The predicted octanol–water partition coefficient (Wildman–Crippen LogP) is 6.60. The quantitative estimate of drug-likeness (QED) is 0.342. The van der Waals surface area contributed by atoms with E-state index in [-0.39, 0.29) is 25.8 Å². The van der Waals surface area contributed by atoms with Gasteiger partial charge in [-0.15, -0.1) is 30.7 Å². The van der Waals surface area contributed by atoms with Gasteiger partial charge in [0.25, 0.3) is 0 Å². The summed E-state index contributed by atoms with van der Waals surface area (Å²) < 4.78 is 0. The fourth-order valence-electron chi connectivity index (χ4n) is 1.95. The summed E-state index contributed by atoms with van der Waals surface area (Å²) in [5.41, 5.74) is 3.56. The van der Waals surface area contributed by atoms with E-state index in [2.05, 4.69) is 39.0 Å². The molecule has 3 rings (SSSR count). The van der Waals surface area contributed by atoms with Gasteiger partial charge < -0.3 is 0 Å². The average molecular weight is 482 g/mol. The number of hydrogen-bond acceptors (Lipinski definition) is 0. The van der Waals surface area contributed by atoms with Gasteiger partial charge in [0, 0.05) is 25.8 Å². The summed E-state index contributed by atoms with van der Waals surface area (Å²) in [6.45, 7) is 9.66. The minimum Gasteiger partial charge on any atom is -0.269 e. The first kappa shape index (κ1) is 22.5. The zero-order valence-corrected chi connectivity index (χ0v) is 18.3. The van der Waals surface area contributed by atoms with Gasteiger partial charge in [0.05, 0.1) is 0 Å². The largest absolute Gasteiger partial charge is 0.269 e. The summed E-state index contributed by atoms with van der Waals surface area (Å²) in [7, 11) is 0. The van der Waals surface area contributed by atoms with E-state index in [1.165, 1.54) is 24.8 Å². The molecule has 1 heteroatoms. The van der Waals surface area contributed by atoms with E-state index in [0.29, 0.717) is 0 Å². The van der Waals surface area contributed by atoms with Crippen LogP contribution < -0.4 is 0 Å². The number of hydrogen-bond donors (Lipinski definition) is 0. The van der Waals surface area contributed by atoms with Crippen LogP contribution >= 0.6 is 0 Å². The molecule has 0 atom stereocenters. The zero-order chi connectivity index (χ0) is 16.8. The Morgan fingerprint density at radius 3 is 1.67 bits per heavy atom. The molecule has 24 heavy (non-hydrogen) atoms. The van der Waals surface area contributed by atoms with Crippen molar-refractivity contribution in [1.82, 2.24) is 0 Å². The fraction of sp³-hybridized carbons (Fsp3) is 0.217. The maximum Gasteiger partial charge on any atom is 0 e. The Morgan fingerprint density at radius 1 is 0.875 bits per heavy atom. The molecule has 2 aromatic carbocycles. The first-order valence-electron chi connectivity index (χ1n) is 8.22. The smallest absolute Gasteiger partial charge is 0 e. The molecule has 126 valence electrons. The molecule has 1 aliphatic rings. The molecule has 0 heterocycles. The van der Waals surface area contributed by atoms with Gasteiger partial charge in [-0.3, -0.25) is 6.08 Å². The van der Waals surface area contributed by atoms with Gasteiger partial charge in [-0.2, -0.15) is 55.3 Å². The van der Waals surface area contributed by atoms with Crippen LogP contribution in [-0.2, 0) is 25.8 Å². The molecular formula is C23H27Hf-3. The SMILES string of the molecule is CCCCC1=[C-]CC=C1.[CH2-]c1ccccc1.[CH2-]c1ccccc1.[Hf]. The predicted molar refractivity (Wildman–Crippen MR) is 102 cm³/mol. The van der Waals surface area contributed by atoms with Gasteiger partial charge in [0.2, 0.25) is 0 Å². The van der Waals surface area contributed by atoms with Gasteiger partial charge in [-0.25, -0.2) is 11.6 Å². The summed E-state index contributed by atoms with van der Waals surface area (Å²) in [5, 5.41) is 0. The van der Waals surface area contributed by atoms with E-state index in [9.17, 15) is 0 Å². The van der Waals surface area contributed by atoms with E-state index >= 15 is 0 Å². The van der Waals surface area contributed by atoms with Gasteiger partial charge in [0.1, 0.15) is 0 Å². The van der Waals surface area contributed by atoms with Gasteiger partial charge >= 0.3 is 0 Å². The monoisotopic (exact) mass is 483 g/mol. The molecule has 0 amide bonds. The van der Waals surface area contributed by atoms with Crippen LogP contribution in [-0.4, -0.2) is 0 Å². The van der Waals surface area contributed by atoms with Gasteiger partial charge in [-0.1, -0.05) is 38.3 Å². The molecule has 0 saturated heterocycles. The van der Waals surface area contributed by atoms with E-state index in [0.717, 1.165) is 17.5 Å². The third-order valence-corrected chi connectivity index (χ3v) is 3.25. The van der Waals surface area contributed by atoms with E-state index in [1.807, 2.05) is 60.7 Å². The van der Waals surface area contributed by atoms with Crippen molar-refractivity contribution in [2.75, 3.05) is 0 Å². The van der Waals surface area contributed by atoms with Crippen LogP contribution in [0.2, 0.25) is 0 Å². The molecule has 2 aromatic rings. The van der Waals surface area contributed by atoms with Crippen molar-refractivity contribution in [3.05, 3.63) is 109 Å². The molecule has 0 radical (unpaired) electrons. The van der Waals surface area contributed by atoms with Crippen LogP contribution in [0.4, 0.5) is 0 Å². The van der Waals surface area contributed by atoms with Crippen molar-refractivity contribution in [3.8, 4) is 0 Å². The second-order valence-electron chi connectivity index (χ2n) is 5.38. The Kier molecular flexibility index (Phi) is 14.2. The molecule has 0 N–H and O–H groups in total. The number of benzene rings is 2. The van der Waals surface area contributed by atoms with Crippen molar-refractivity contribution in [1.29, 1.82) is 0 Å². The molecule has 0 unspecified atom stereocenters. The Balaban J connectivity index is 0.000000327. The van der Waals surface area contributed by atoms with Crippen molar-refractivity contribution in [2.24, 2.45) is 0 Å². The number of allylic oxidation sites excluding steroid dienone is 4. The molecule has 0 bridgehead atoms. The minimum atomic E-state index is 0. The molecule has 0 saturated carbocycles. The molecule has 0 spiro atoms. The third-order valence-electron chi connectivity index (χ3n) is 3.25. The second-order valence-corrected chi connectivity index (χ2v) is 5.38. The summed E-state index contributed by atoms with van der Waals surface area (Å²) >= 11 is 0. The molecular weight excluding hydrogens is 455 g/mol. The average Bonchev–Trinajstić information content (AvgIpc) is 3.09. The first-order chi connectivity index (χ1) is 11.2. The summed E-state index contributed by atoms with van der Waals surface area (Å²) in [5.74, 6) is 0. The van der Waals surface area contributed by atoms with Crippen LogP contribution in [0.1, 0.15) is 43.7 Å². The zero-order valence-electron chi connectivity index (χ0n) is 14.7. The van der Waals surface area contributed by atoms with Gasteiger partial charge in [-0.05, 0) is 0 Å². The first-order valence-corrected chi connectivity index (χ1v) is 8.22. The normalized spacial score (nSPS) is 11.1. The third kappa shape index (κ3) is 12.0.